The monoisotopic (exact) mass is 430 g/mol. The lowest BCUT2D eigenvalue weighted by atomic mass is 10.1. The SMILES string of the molecule is Cc1cc(-c2nnn(CC(=O)Nc3nc(-c4ccc(F)c(F)c4)cs3)n2)ccc1F. The van der Waals surface area contributed by atoms with Crippen molar-refractivity contribution in [2.24, 2.45) is 0 Å². The molecule has 0 unspecified atom stereocenters. The van der Waals surface area contributed by atoms with Crippen LogP contribution in [0.3, 0.4) is 0 Å². The van der Waals surface area contributed by atoms with E-state index in [-0.39, 0.29) is 23.3 Å². The topological polar surface area (TPSA) is 85.6 Å². The zero-order valence-electron chi connectivity index (χ0n) is 15.4. The molecule has 11 heteroatoms. The number of amides is 1. The molecule has 1 amide bonds. The summed E-state index contributed by atoms with van der Waals surface area (Å²) in [5.41, 5.74) is 1.82. The first-order valence-electron chi connectivity index (χ1n) is 8.64. The van der Waals surface area contributed by atoms with Crippen molar-refractivity contribution < 1.29 is 18.0 Å². The van der Waals surface area contributed by atoms with Gasteiger partial charge < -0.3 is 5.32 Å². The fourth-order valence-corrected chi connectivity index (χ4v) is 3.35. The van der Waals surface area contributed by atoms with Crippen molar-refractivity contribution in [3.8, 4) is 22.6 Å². The third-order valence-electron chi connectivity index (χ3n) is 4.12. The molecule has 30 heavy (non-hydrogen) atoms. The summed E-state index contributed by atoms with van der Waals surface area (Å²) in [5.74, 6) is -2.44. The van der Waals surface area contributed by atoms with Gasteiger partial charge in [-0.15, -0.1) is 21.5 Å². The lowest BCUT2D eigenvalue weighted by Crippen LogP contribution is -2.20. The van der Waals surface area contributed by atoms with Crippen LogP contribution in [-0.4, -0.2) is 31.1 Å². The molecule has 0 saturated heterocycles. The van der Waals surface area contributed by atoms with Crippen LogP contribution in [0.25, 0.3) is 22.6 Å². The second-order valence-corrected chi connectivity index (χ2v) is 7.18. The molecule has 1 N–H and O–H groups in total. The van der Waals surface area contributed by atoms with Crippen molar-refractivity contribution in [3.63, 3.8) is 0 Å². The Morgan fingerprint density at radius 2 is 1.83 bits per heavy atom. The summed E-state index contributed by atoms with van der Waals surface area (Å²) in [6.45, 7) is 1.41. The number of rotatable bonds is 5. The molecule has 0 aliphatic heterocycles. The lowest BCUT2D eigenvalue weighted by molar-refractivity contribution is -0.117. The number of aromatic nitrogens is 5. The third-order valence-corrected chi connectivity index (χ3v) is 4.88. The van der Waals surface area contributed by atoms with Crippen molar-refractivity contribution in [1.29, 1.82) is 0 Å². The molecule has 0 bridgehead atoms. The van der Waals surface area contributed by atoms with E-state index in [0.29, 0.717) is 22.4 Å². The van der Waals surface area contributed by atoms with E-state index in [9.17, 15) is 18.0 Å². The van der Waals surface area contributed by atoms with Gasteiger partial charge in [-0.2, -0.15) is 4.80 Å². The van der Waals surface area contributed by atoms with E-state index < -0.39 is 17.5 Å². The number of anilines is 1. The number of carbonyl (C=O) groups excluding carboxylic acids is 1. The van der Waals surface area contributed by atoms with E-state index in [1.807, 2.05) is 0 Å². The van der Waals surface area contributed by atoms with Crippen LogP contribution in [0.1, 0.15) is 5.56 Å². The zero-order valence-corrected chi connectivity index (χ0v) is 16.3. The van der Waals surface area contributed by atoms with Crippen LogP contribution in [-0.2, 0) is 11.3 Å². The molecule has 2 aromatic heterocycles. The van der Waals surface area contributed by atoms with Gasteiger partial charge in [0.05, 0.1) is 5.69 Å². The first kappa shape index (κ1) is 19.7. The van der Waals surface area contributed by atoms with Gasteiger partial charge in [0.2, 0.25) is 11.7 Å². The van der Waals surface area contributed by atoms with Gasteiger partial charge in [-0.3, -0.25) is 4.79 Å². The molecule has 0 atom stereocenters. The molecule has 4 aromatic rings. The molecule has 4 rings (SSSR count). The van der Waals surface area contributed by atoms with Crippen LogP contribution < -0.4 is 5.32 Å². The number of carbonyl (C=O) groups is 1. The van der Waals surface area contributed by atoms with E-state index in [2.05, 4.69) is 25.7 Å². The lowest BCUT2D eigenvalue weighted by Gasteiger charge is -2.01. The first-order valence-corrected chi connectivity index (χ1v) is 9.52. The van der Waals surface area contributed by atoms with Crippen LogP contribution in [0.4, 0.5) is 18.3 Å². The van der Waals surface area contributed by atoms with Crippen LogP contribution >= 0.6 is 11.3 Å². The minimum absolute atomic E-state index is 0.215. The van der Waals surface area contributed by atoms with Gasteiger partial charge in [0.1, 0.15) is 12.4 Å². The van der Waals surface area contributed by atoms with E-state index in [1.165, 1.54) is 18.2 Å². The molecule has 152 valence electrons. The summed E-state index contributed by atoms with van der Waals surface area (Å²) in [4.78, 5) is 17.5. The van der Waals surface area contributed by atoms with Gasteiger partial charge in [-0.05, 0) is 54.1 Å². The Morgan fingerprint density at radius 3 is 2.60 bits per heavy atom. The standard InChI is InChI=1S/C19H13F3N6OS/c1-10-6-12(3-4-13(10)20)18-25-27-28(26-18)8-17(29)24-19-23-16(9-30-19)11-2-5-14(21)15(22)7-11/h2-7,9H,8H2,1H3,(H,23,24,29). The average molecular weight is 430 g/mol. The van der Waals surface area contributed by atoms with Crippen molar-refractivity contribution in [2.45, 2.75) is 13.5 Å². The minimum Gasteiger partial charge on any atom is -0.300 e. The Morgan fingerprint density at radius 1 is 1.07 bits per heavy atom. The van der Waals surface area contributed by atoms with Gasteiger partial charge >= 0.3 is 0 Å². The summed E-state index contributed by atoms with van der Waals surface area (Å²) in [6, 6.07) is 7.88. The van der Waals surface area contributed by atoms with Crippen LogP contribution in [0.5, 0.6) is 0 Å². The molecule has 0 aliphatic rings. The Hall–Kier alpha value is -3.60. The zero-order chi connectivity index (χ0) is 21.3. The highest BCUT2D eigenvalue weighted by Gasteiger charge is 2.13. The molecule has 0 fully saturated rings. The summed E-state index contributed by atoms with van der Waals surface area (Å²) < 4.78 is 39.8. The Labute approximate surface area is 172 Å². The number of tetrazole rings is 1. The van der Waals surface area contributed by atoms with E-state index in [4.69, 9.17) is 0 Å². The van der Waals surface area contributed by atoms with E-state index in [1.54, 1.807) is 18.4 Å². The van der Waals surface area contributed by atoms with Gasteiger partial charge in [0.25, 0.3) is 0 Å². The molecular weight excluding hydrogens is 417 g/mol. The fourth-order valence-electron chi connectivity index (χ4n) is 2.62. The third kappa shape index (κ3) is 4.20. The maximum Gasteiger partial charge on any atom is 0.249 e. The average Bonchev–Trinajstić information content (AvgIpc) is 3.36. The van der Waals surface area contributed by atoms with E-state index >= 15 is 0 Å². The quantitative estimate of drug-likeness (QED) is 0.520. The van der Waals surface area contributed by atoms with Crippen molar-refractivity contribution in [2.75, 3.05) is 5.32 Å². The Bertz CT molecular complexity index is 1140. The summed E-state index contributed by atoms with van der Waals surface area (Å²) in [7, 11) is 0. The maximum absolute atomic E-state index is 13.4. The number of hydrogen-bond donors (Lipinski definition) is 1. The molecule has 0 spiro atoms. The molecule has 2 heterocycles. The number of nitrogens with one attached hydrogen (secondary N) is 1. The summed E-state index contributed by atoms with van der Waals surface area (Å²) in [5, 5.41) is 16.3. The second-order valence-electron chi connectivity index (χ2n) is 6.32. The normalized spacial score (nSPS) is 10.9. The van der Waals surface area contributed by atoms with Gasteiger partial charge in [0.15, 0.2) is 16.8 Å². The molecule has 0 radical (unpaired) electrons. The van der Waals surface area contributed by atoms with Crippen LogP contribution in [0.15, 0.2) is 41.8 Å². The predicted molar refractivity (Wildman–Crippen MR) is 104 cm³/mol. The molecule has 0 saturated carbocycles. The second kappa shape index (κ2) is 8.03. The van der Waals surface area contributed by atoms with Gasteiger partial charge in [-0.1, -0.05) is 0 Å². The summed E-state index contributed by atoms with van der Waals surface area (Å²) in [6.07, 6.45) is 0. The number of hydrogen-bond acceptors (Lipinski definition) is 6. The van der Waals surface area contributed by atoms with Crippen molar-refractivity contribution >= 4 is 22.4 Å². The Balaban J connectivity index is 1.42. The number of thiazole rings is 1. The fraction of sp³-hybridized carbons (Fsp3) is 0.105. The van der Waals surface area contributed by atoms with Crippen molar-refractivity contribution in [3.05, 3.63) is 64.8 Å². The maximum atomic E-state index is 13.4. The molecular formula is C19H13F3N6OS. The number of nitrogens with zero attached hydrogens (tertiary/aromatic N) is 5. The molecule has 2 aromatic carbocycles. The van der Waals surface area contributed by atoms with Gasteiger partial charge in [-0.25, -0.2) is 18.2 Å². The Kier molecular flexibility index (Phi) is 5.27. The number of halogens is 3. The largest absolute Gasteiger partial charge is 0.300 e. The highest BCUT2D eigenvalue weighted by atomic mass is 32.1. The van der Waals surface area contributed by atoms with Gasteiger partial charge in [0, 0.05) is 16.5 Å². The molecule has 7 nitrogen and oxygen atoms in total. The smallest absolute Gasteiger partial charge is 0.249 e. The first-order chi connectivity index (χ1) is 14.4. The number of aryl methyl sites for hydroxylation is 1. The minimum atomic E-state index is -0.976. The predicted octanol–water partition coefficient (Wildman–Crippen LogP) is 3.83. The van der Waals surface area contributed by atoms with E-state index in [0.717, 1.165) is 28.3 Å². The highest BCUT2D eigenvalue weighted by Crippen LogP contribution is 2.26. The van der Waals surface area contributed by atoms with Crippen LogP contribution in [0, 0.1) is 24.4 Å². The number of benzene rings is 2. The molecule has 0 aliphatic carbocycles. The van der Waals surface area contributed by atoms with Crippen molar-refractivity contribution in [1.82, 2.24) is 25.2 Å². The highest BCUT2D eigenvalue weighted by molar-refractivity contribution is 7.14. The summed E-state index contributed by atoms with van der Waals surface area (Å²) >= 11 is 1.14. The van der Waals surface area contributed by atoms with Crippen LogP contribution in [0.2, 0.25) is 0 Å².